The first-order chi connectivity index (χ1) is 11.0. The van der Waals surface area contributed by atoms with Crippen molar-refractivity contribution in [3.63, 3.8) is 0 Å². The normalized spacial score (nSPS) is 24.6. The van der Waals surface area contributed by atoms with Gasteiger partial charge < -0.3 is 10.1 Å². The molecule has 0 bridgehead atoms. The van der Waals surface area contributed by atoms with Crippen LogP contribution >= 0.6 is 0 Å². The molecule has 0 aromatic carbocycles. The monoisotopic (exact) mass is 318 g/mol. The Kier molecular flexibility index (Phi) is 3.80. The Morgan fingerprint density at radius 3 is 2.57 bits per heavy atom. The van der Waals surface area contributed by atoms with Crippen molar-refractivity contribution in [2.24, 2.45) is 19.5 Å². The summed E-state index contributed by atoms with van der Waals surface area (Å²) in [5.41, 5.74) is -0.912. The average molecular weight is 318 g/mol. The summed E-state index contributed by atoms with van der Waals surface area (Å²) < 4.78 is 8.13. The first-order valence-electron chi connectivity index (χ1n) is 8.04. The van der Waals surface area contributed by atoms with Gasteiger partial charge in [-0.05, 0) is 26.2 Å². The number of hydrogen-bond donors (Lipinski definition) is 1. The van der Waals surface area contributed by atoms with Crippen LogP contribution in [0.1, 0.15) is 38.2 Å². The third-order valence-electron chi connectivity index (χ3n) is 5.52. The molecule has 2 atom stereocenters. The van der Waals surface area contributed by atoms with Crippen LogP contribution in [-0.2, 0) is 18.8 Å². The lowest BCUT2D eigenvalue weighted by molar-refractivity contribution is -0.157. The summed E-state index contributed by atoms with van der Waals surface area (Å²) in [5, 5.41) is 12.6. The molecule has 7 heteroatoms. The first kappa shape index (κ1) is 15.8. The number of ether oxygens (including phenoxy) is 1. The van der Waals surface area contributed by atoms with Crippen LogP contribution in [0, 0.1) is 16.7 Å². The molecule has 2 aliphatic rings. The highest BCUT2D eigenvalue weighted by Gasteiger charge is 2.59. The molecule has 0 radical (unpaired) electrons. The van der Waals surface area contributed by atoms with Gasteiger partial charge in [0.05, 0.1) is 6.10 Å². The number of anilines is 1. The maximum Gasteiger partial charge on any atom is 0.332 e. The Morgan fingerprint density at radius 1 is 1.35 bits per heavy atom. The van der Waals surface area contributed by atoms with Gasteiger partial charge in [0.25, 0.3) is 5.56 Å². The lowest BCUT2D eigenvalue weighted by Gasteiger charge is -2.61. The molecule has 1 aromatic heterocycles. The summed E-state index contributed by atoms with van der Waals surface area (Å²) in [5.74, 6) is 0.326. The first-order valence-corrected chi connectivity index (χ1v) is 8.04. The van der Waals surface area contributed by atoms with Crippen molar-refractivity contribution in [2.45, 2.75) is 44.8 Å². The highest BCUT2D eigenvalue weighted by Crippen LogP contribution is 2.58. The SMILES string of the molecule is CCOC1CC(Nc2c(C#N)c(=O)n(C)c(=O)n2C)C12CCC2. The molecule has 23 heavy (non-hydrogen) atoms. The molecule has 0 aliphatic heterocycles. The molecule has 3 rings (SSSR count). The lowest BCUT2D eigenvalue weighted by atomic mass is 9.51. The Hall–Kier alpha value is -2.07. The summed E-state index contributed by atoms with van der Waals surface area (Å²) in [6.45, 7) is 2.68. The molecule has 2 fully saturated rings. The van der Waals surface area contributed by atoms with E-state index in [1.165, 1.54) is 18.0 Å². The molecule has 2 aliphatic carbocycles. The van der Waals surface area contributed by atoms with Gasteiger partial charge in [0, 0.05) is 32.2 Å². The molecule has 0 amide bonds. The fraction of sp³-hybridized carbons (Fsp3) is 0.688. The molecule has 0 saturated heterocycles. The number of nitriles is 1. The largest absolute Gasteiger partial charge is 0.378 e. The van der Waals surface area contributed by atoms with E-state index in [1.807, 2.05) is 13.0 Å². The minimum absolute atomic E-state index is 0.0102. The van der Waals surface area contributed by atoms with E-state index >= 15 is 0 Å². The zero-order valence-corrected chi connectivity index (χ0v) is 13.8. The topological polar surface area (TPSA) is 89.1 Å². The molecule has 1 N–H and O–H groups in total. The quantitative estimate of drug-likeness (QED) is 0.883. The van der Waals surface area contributed by atoms with Crippen molar-refractivity contribution < 1.29 is 4.74 Å². The third-order valence-corrected chi connectivity index (χ3v) is 5.52. The maximum atomic E-state index is 12.2. The van der Waals surface area contributed by atoms with E-state index in [4.69, 9.17) is 4.74 Å². The van der Waals surface area contributed by atoms with Gasteiger partial charge in [-0.2, -0.15) is 5.26 Å². The second-order valence-electron chi connectivity index (χ2n) is 6.50. The van der Waals surface area contributed by atoms with E-state index in [-0.39, 0.29) is 23.1 Å². The van der Waals surface area contributed by atoms with Gasteiger partial charge >= 0.3 is 5.69 Å². The standard InChI is InChI=1S/C16H22N4O3/c1-4-23-12-8-11(16(12)6-5-7-16)18-13-10(9-17)14(21)20(3)15(22)19(13)2/h11-12,18H,4-8H2,1-3H3. The van der Waals surface area contributed by atoms with Crippen molar-refractivity contribution >= 4 is 5.82 Å². The minimum Gasteiger partial charge on any atom is -0.378 e. The van der Waals surface area contributed by atoms with E-state index in [9.17, 15) is 14.9 Å². The Bertz CT molecular complexity index is 782. The smallest absolute Gasteiger partial charge is 0.332 e. The molecule has 1 heterocycles. The Morgan fingerprint density at radius 2 is 2.04 bits per heavy atom. The van der Waals surface area contributed by atoms with Gasteiger partial charge in [-0.3, -0.25) is 13.9 Å². The van der Waals surface area contributed by atoms with Gasteiger partial charge in [0.2, 0.25) is 0 Å². The summed E-state index contributed by atoms with van der Waals surface area (Å²) >= 11 is 0. The lowest BCUT2D eigenvalue weighted by Crippen LogP contribution is -2.65. The van der Waals surface area contributed by atoms with E-state index in [1.54, 1.807) is 7.05 Å². The van der Waals surface area contributed by atoms with Crippen LogP contribution in [0.5, 0.6) is 0 Å². The van der Waals surface area contributed by atoms with Crippen LogP contribution in [0.15, 0.2) is 9.59 Å². The predicted molar refractivity (Wildman–Crippen MR) is 85.4 cm³/mol. The van der Waals surface area contributed by atoms with Gasteiger partial charge in [0.1, 0.15) is 11.9 Å². The minimum atomic E-state index is -0.554. The summed E-state index contributed by atoms with van der Waals surface area (Å²) in [6.07, 6.45) is 4.39. The highest BCUT2D eigenvalue weighted by atomic mass is 16.5. The summed E-state index contributed by atoms with van der Waals surface area (Å²) in [7, 11) is 2.97. The molecular formula is C16H22N4O3. The van der Waals surface area contributed by atoms with Gasteiger partial charge in [0.15, 0.2) is 5.56 Å². The average Bonchev–Trinajstić information content (AvgIpc) is 2.47. The van der Waals surface area contributed by atoms with Crippen LogP contribution < -0.4 is 16.6 Å². The second kappa shape index (κ2) is 5.53. The van der Waals surface area contributed by atoms with Gasteiger partial charge in [-0.1, -0.05) is 6.42 Å². The molecule has 2 unspecified atom stereocenters. The third kappa shape index (κ3) is 2.12. The van der Waals surface area contributed by atoms with Crippen molar-refractivity contribution in [3.05, 3.63) is 26.4 Å². The van der Waals surface area contributed by atoms with Gasteiger partial charge in [-0.25, -0.2) is 4.79 Å². The van der Waals surface area contributed by atoms with Crippen LogP contribution in [0.3, 0.4) is 0 Å². The van der Waals surface area contributed by atoms with Crippen LogP contribution in [0.4, 0.5) is 5.82 Å². The Balaban J connectivity index is 1.95. The van der Waals surface area contributed by atoms with E-state index in [2.05, 4.69) is 5.32 Å². The number of nitrogens with one attached hydrogen (secondary N) is 1. The van der Waals surface area contributed by atoms with Crippen LogP contribution in [0.25, 0.3) is 0 Å². The van der Waals surface area contributed by atoms with E-state index in [0.717, 1.165) is 23.8 Å². The molecule has 124 valence electrons. The highest BCUT2D eigenvalue weighted by molar-refractivity contribution is 5.53. The number of hydrogen-bond acceptors (Lipinski definition) is 5. The predicted octanol–water partition coefficient (Wildman–Crippen LogP) is 0.715. The summed E-state index contributed by atoms with van der Waals surface area (Å²) in [4.78, 5) is 24.3. The maximum absolute atomic E-state index is 12.2. The fourth-order valence-corrected chi connectivity index (χ4v) is 3.92. The summed E-state index contributed by atoms with van der Waals surface area (Å²) in [6, 6.07) is 2.08. The van der Waals surface area contributed by atoms with Gasteiger partial charge in [-0.15, -0.1) is 0 Å². The fourth-order valence-electron chi connectivity index (χ4n) is 3.92. The van der Waals surface area contributed by atoms with Crippen molar-refractivity contribution in [1.82, 2.24) is 9.13 Å². The van der Waals surface area contributed by atoms with Crippen molar-refractivity contribution in [1.29, 1.82) is 5.26 Å². The molecule has 1 aromatic rings. The van der Waals surface area contributed by atoms with Crippen LogP contribution in [0.2, 0.25) is 0 Å². The van der Waals surface area contributed by atoms with E-state index in [0.29, 0.717) is 12.4 Å². The molecule has 1 spiro atoms. The molecular weight excluding hydrogens is 296 g/mol. The molecule has 7 nitrogen and oxygen atoms in total. The zero-order chi connectivity index (χ0) is 16.8. The van der Waals surface area contributed by atoms with Crippen LogP contribution in [-0.4, -0.2) is 27.9 Å². The van der Waals surface area contributed by atoms with E-state index < -0.39 is 11.2 Å². The second-order valence-corrected chi connectivity index (χ2v) is 6.50. The van der Waals surface area contributed by atoms with Crippen molar-refractivity contribution in [2.75, 3.05) is 11.9 Å². The number of rotatable bonds is 4. The zero-order valence-electron chi connectivity index (χ0n) is 13.8. The van der Waals surface area contributed by atoms with Crippen molar-refractivity contribution in [3.8, 4) is 6.07 Å². The Labute approximate surface area is 134 Å². The molecule has 2 saturated carbocycles. The number of nitrogens with zero attached hydrogens (tertiary/aromatic N) is 3. The number of aromatic nitrogens is 2.